The van der Waals surface area contributed by atoms with E-state index in [9.17, 15) is 9.00 Å². The lowest BCUT2D eigenvalue weighted by Gasteiger charge is -2.08. The zero-order valence-corrected chi connectivity index (χ0v) is 10.8. The van der Waals surface area contributed by atoms with E-state index < -0.39 is 15.7 Å². The Morgan fingerprint density at radius 3 is 2.75 bits per heavy atom. The Kier molecular flexibility index (Phi) is 4.26. The van der Waals surface area contributed by atoms with Crippen molar-refractivity contribution >= 4 is 39.1 Å². The van der Waals surface area contributed by atoms with E-state index in [4.69, 9.17) is 0 Å². The third-order valence-corrected chi connectivity index (χ3v) is 2.98. The van der Waals surface area contributed by atoms with Gasteiger partial charge in [-0.15, -0.1) is 11.8 Å². The smallest absolute Gasteiger partial charge is 0.307 e. The Bertz CT molecular complexity index is 483. The van der Waals surface area contributed by atoms with Gasteiger partial charge in [-0.05, 0) is 30.3 Å². The predicted octanol–water partition coefficient (Wildman–Crippen LogP) is 1.79. The van der Waals surface area contributed by atoms with Crippen molar-refractivity contribution in [2.75, 3.05) is 17.8 Å². The molecule has 88 valence electrons. The molecule has 0 fully saturated rings. The van der Waals surface area contributed by atoms with E-state index in [1.54, 1.807) is 17.8 Å². The molecule has 2 N–H and O–H groups in total. The molecule has 0 saturated heterocycles. The number of thioether (sulfide) groups is 1. The summed E-state index contributed by atoms with van der Waals surface area (Å²) in [6.45, 7) is 0. The van der Waals surface area contributed by atoms with Crippen LogP contribution in [0, 0.1) is 0 Å². The van der Waals surface area contributed by atoms with E-state index in [1.165, 1.54) is 6.26 Å². The van der Waals surface area contributed by atoms with E-state index in [2.05, 4.69) is 15.9 Å². The van der Waals surface area contributed by atoms with E-state index in [-0.39, 0.29) is 0 Å². The van der Waals surface area contributed by atoms with Gasteiger partial charge in [0.1, 0.15) is 0 Å². The summed E-state index contributed by atoms with van der Waals surface area (Å²) in [6, 6.07) is 6.87. The third kappa shape index (κ3) is 4.59. The third-order valence-electron chi connectivity index (χ3n) is 1.64. The van der Waals surface area contributed by atoms with Crippen LogP contribution in [0.3, 0.4) is 0 Å². The maximum Gasteiger partial charge on any atom is 0.330 e. The van der Waals surface area contributed by atoms with Gasteiger partial charge >= 0.3 is 6.03 Å². The monoisotopic (exact) mass is 258 g/mol. The van der Waals surface area contributed by atoms with Crippen molar-refractivity contribution < 1.29 is 9.00 Å². The molecule has 4 nitrogen and oxygen atoms in total. The Balaban J connectivity index is 2.70. The van der Waals surface area contributed by atoms with Crippen LogP contribution in [-0.2, 0) is 9.71 Å². The highest BCUT2D eigenvalue weighted by atomic mass is 32.2. The fourth-order valence-electron chi connectivity index (χ4n) is 1.05. The van der Waals surface area contributed by atoms with E-state index >= 15 is 0 Å². The molecule has 0 heterocycles. The highest BCUT2D eigenvalue weighted by Crippen LogP contribution is 2.18. The number of amides is 2. The number of rotatable bonds is 3. The molecule has 0 bridgehead atoms. The van der Waals surface area contributed by atoms with Gasteiger partial charge < -0.3 is 5.32 Å². The highest BCUT2D eigenvalue weighted by molar-refractivity contribution is 7.98. The minimum Gasteiger partial charge on any atom is -0.307 e. The maximum absolute atomic E-state index is 11.4. The van der Waals surface area contributed by atoms with Gasteiger partial charge in [0.2, 0.25) is 0 Å². The molecule has 0 aliphatic carbocycles. The van der Waals surface area contributed by atoms with Crippen molar-refractivity contribution in [1.82, 2.24) is 4.72 Å². The number of hydrogen-bond donors (Lipinski definition) is 2. The van der Waals surface area contributed by atoms with Crippen molar-refractivity contribution in [2.45, 2.75) is 4.90 Å². The molecule has 1 aromatic carbocycles. The first-order valence-corrected chi connectivity index (χ1v) is 7.82. The fourth-order valence-corrected chi connectivity index (χ4v) is 1.96. The summed E-state index contributed by atoms with van der Waals surface area (Å²) in [5.41, 5.74) is 0.660. The summed E-state index contributed by atoms with van der Waals surface area (Å²) in [5.74, 6) is 3.34. The Morgan fingerprint density at radius 2 is 2.19 bits per heavy atom. The topological polar surface area (TPSA) is 58.2 Å². The van der Waals surface area contributed by atoms with Gasteiger partial charge in [0.05, 0.1) is 0 Å². The number of nitrogens with one attached hydrogen (secondary N) is 2. The lowest BCUT2D eigenvalue weighted by atomic mass is 10.3. The van der Waals surface area contributed by atoms with Gasteiger partial charge in [-0.3, -0.25) is 4.72 Å². The van der Waals surface area contributed by atoms with Gasteiger partial charge in [0, 0.05) is 26.5 Å². The normalized spacial score (nSPS) is 13.9. The number of urea groups is 1. The maximum atomic E-state index is 11.4. The first-order valence-electron chi connectivity index (χ1n) is 4.46. The van der Waals surface area contributed by atoms with E-state index in [0.29, 0.717) is 5.69 Å². The van der Waals surface area contributed by atoms with Crippen LogP contribution in [0.1, 0.15) is 0 Å². The number of benzene rings is 1. The fraction of sp³-hybridized carbons (Fsp3) is 0.200. The van der Waals surface area contributed by atoms with E-state index in [1.807, 2.05) is 24.5 Å². The van der Waals surface area contributed by atoms with Crippen LogP contribution in [-0.4, -0.2) is 28.6 Å². The summed E-state index contributed by atoms with van der Waals surface area (Å²) >= 11 is 1.58. The van der Waals surface area contributed by atoms with Gasteiger partial charge in [-0.1, -0.05) is 6.07 Å². The molecule has 0 saturated carbocycles. The zero-order valence-electron chi connectivity index (χ0n) is 9.15. The minimum absolute atomic E-state index is 0.513. The minimum atomic E-state index is -2.53. The molecule has 16 heavy (non-hydrogen) atoms. The first-order chi connectivity index (χ1) is 7.40. The molecule has 2 amide bonds. The molecule has 1 unspecified atom stereocenters. The molecule has 1 atom stereocenters. The van der Waals surface area contributed by atoms with Crippen LogP contribution in [0.25, 0.3) is 0 Å². The van der Waals surface area contributed by atoms with Crippen LogP contribution < -0.4 is 10.0 Å². The second-order valence-corrected chi connectivity index (χ2v) is 6.39. The highest BCUT2D eigenvalue weighted by Gasteiger charge is 2.04. The van der Waals surface area contributed by atoms with Gasteiger partial charge in [-0.2, -0.15) is 0 Å². The first kappa shape index (κ1) is 12.9. The predicted molar refractivity (Wildman–Crippen MR) is 71.6 cm³/mol. The summed E-state index contributed by atoms with van der Waals surface area (Å²) in [6.07, 6.45) is 3.32. The number of carbonyl (C=O) groups is 1. The molecule has 0 aliphatic heterocycles. The van der Waals surface area contributed by atoms with Gasteiger partial charge in [-0.25, -0.2) is 9.00 Å². The molecule has 0 aromatic heterocycles. The van der Waals surface area contributed by atoms with Crippen LogP contribution in [0.15, 0.2) is 29.2 Å². The molecule has 0 aliphatic rings. The standard InChI is InChI=1S/C10H14N2O2S2/c1-15-9-6-4-5-8(7-9)11-10(13)12-16(2,3)14/h4-7H,2H2,1,3H3,(H2,11,12,13,14). The Morgan fingerprint density at radius 1 is 1.50 bits per heavy atom. The molecule has 1 aromatic rings. The largest absolute Gasteiger partial charge is 0.330 e. The van der Waals surface area contributed by atoms with Crippen molar-refractivity contribution in [3.05, 3.63) is 24.3 Å². The average Bonchev–Trinajstić information content (AvgIpc) is 2.15. The summed E-state index contributed by atoms with van der Waals surface area (Å²) in [5, 5.41) is 2.59. The van der Waals surface area contributed by atoms with Gasteiger partial charge in [0.25, 0.3) is 0 Å². The summed E-state index contributed by atoms with van der Waals surface area (Å²) in [7, 11) is -2.53. The molecular weight excluding hydrogens is 244 g/mol. The summed E-state index contributed by atoms with van der Waals surface area (Å²) in [4.78, 5) is 12.4. The van der Waals surface area contributed by atoms with Gasteiger partial charge in [0.15, 0.2) is 0 Å². The van der Waals surface area contributed by atoms with E-state index in [0.717, 1.165) is 4.90 Å². The van der Waals surface area contributed by atoms with Crippen molar-refractivity contribution in [3.63, 3.8) is 0 Å². The second-order valence-electron chi connectivity index (χ2n) is 3.29. The number of hydrogen-bond acceptors (Lipinski definition) is 3. The molecule has 1 rings (SSSR count). The lowest BCUT2D eigenvalue weighted by Crippen LogP contribution is -2.33. The van der Waals surface area contributed by atoms with Crippen molar-refractivity contribution in [1.29, 1.82) is 0 Å². The van der Waals surface area contributed by atoms with Crippen LogP contribution in [0.5, 0.6) is 0 Å². The Hall–Kier alpha value is -1.14. The molecule has 0 radical (unpaired) electrons. The second kappa shape index (κ2) is 5.27. The number of carbonyl (C=O) groups excluding carboxylic acids is 1. The molecule has 6 heteroatoms. The zero-order chi connectivity index (χ0) is 12.2. The number of anilines is 1. The Labute approximate surface area is 100.0 Å². The summed E-state index contributed by atoms with van der Waals surface area (Å²) < 4.78 is 13.5. The van der Waals surface area contributed by atoms with Crippen molar-refractivity contribution in [2.24, 2.45) is 0 Å². The van der Waals surface area contributed by atoms with Crippen LogP contribution in [0.4, 0.5) is 10.5 Å². The molecular formula is C10H14N2O2S2. The van der Waals surface area contributed by atoms with Crippen LogP contribution in [0.2, 0.25) is 0 Å². The van der Waals surface area contributed by atoms with Crippen LogP contribution >= 0.6 is 11.8 Å². The lowest BCUT2D eigenvalue weighted by molar-refractivity contribution is 0.257. The molecule has 0 spiro atoms. The van der Waals surface area contributed by atoms with Crippen molar-refractivity contribution in [3.8, 4) is 0 Å². The quantitative estimate of drug-likeness (QED) is 0.642. The average molecular weight is 258 g/mol. The SMILES string of the molecule is C=S(C)(=O)NC(=O)Nc1cccc(SC)c1.